The summed E-state index contributed by atoms with van der Waals surface area (Å²) < 4.78 is 32.1. The maximum atomic E-state index is 12.4. The van der Waals surface area contributed by atoms with Gasteiger partial charge in [-0.25, -0.2) is 13.1 Å². The molecule has 1 aromatic heterocycles. The Labute approximate surface area is 122 Å². The molecule has 21 heavy (non-hydrogen) atoms. The highest BCUT2D eigenvalue weighted by Gasteiger charge is 2.20. The van der Waals surface area contributed by atoms with Crippen LogP contribution in [0.15, 0.2) is 21.6 Å². The van der Waals surface area contributed by atoms with Gasteiger partial charge in [-0.15, -0.1) is 0 Å². The van der Waals surface area contributed by atoms with Crippen LogP contribution in [0.25, 0.3) is 0 Å². The van der Waals surface area contributed by atoms with Crippen LogP contribution in [0.2, 0.25) is 0 Å². The lowest BCUT2D eigenvalue weighted by molar-refractivity contribution is 0.387. The molecule has 0 unspecified atom stereocenters. The van der Waals surface area contributed by atoms with E-state index >= 15 is 0 Å². The Morgan fingerprint density at radius 2 is 1.86 bits per heavy atom. The summed E-state index contributed by atoms with van der Waals surface area (Å²) in [7, 11) is -3.68. The van der Waals surface area contributed by atoms with Gasteiger partial charge >= 0.3 is 0 Å². The van der Waals surface area contributed by atoms with Crippen LogP contribution in [0.1, 0.15) is 22.8 Å². The molecular formula is C12H17N5O3S. The number of hydrazine groups is 1. The van der Waals surface area contributed by atoms with Crippen LogP contribution in [0.5, 0.6) is 0 Å². The van der Waals surface area contributed by atoms with Gasteiger partial charge in [-0.1, -0.05) is 5.16 Å². The molecule has 0 bridgehead atoms. The fourth-order valence-corrected chi connectivity index (χ4v) is 3.53. The molecule has 0 fully saturated rings. The van der Waals surface area contributed by atoms with Gasteiger partial charge in [0.05, 0.1) is 11.4 Å². The summed E-state index contributed by atoms with van der Waals surface area (Å²) in [5, 5.41) is 3.65. The highest BCUT2D eigenvalue weighted by atomic mass is 32.2. The average molecular weight is 311 g/mol. The van der Waals surface area contributed by atoms with Gasteiger partial charge in [0.1, 0.15) is 0 Å². The highest BCUT2D eigenvalue weighted by Crippen LogP contribution is 2.24. The third-order valence-electron chi connectivity index (χ3n) is 2.89. The molecule has 0 radical (unpaired) electrons. The van der Waals surface area contributed by atoms with E-state index in [1.165, 1.54) is 0 Å². The molecule has 0 amide bonds. The second kappa shape index (κ2) is 5.80. The van der Waals surface area contributed by atoms with Crippen LogP contribution in [-0.4, -0.2) is 18.6 Å². The molecule has 2 rings (SSSR count). The van der Waals surface area contributed by atoms with Crippen molar-refractivity contribution in [2.75, 3.05) is 5.43 Å². The zero-order chi connectivity index (χ0) is 15.6. The Morgan fingerprint density at radius 1 is 1.24 bits per heavy atom. The van der Waals surface area contributed by atoms with Gasteiger partial charge in [0, 0.05) is 12.6 Å². The number of rotatable bonds is 5. The van der Waals surface area contributed by atoms with Crippen molar-refractivity contribution in [1.82, 2.24) is 14.9 Å². The van der Waals surface area contributed by atoms with Crippen molar-refractivity contribution >= 4 is 15.7 Å². The highest BCUT2D eigenvalue weighted by molar-refractivity contribution is 7.89. The zero-order valence-electron chi connectivity index (χ0n) is 12.0. The number of aromatic nitrogens is 2. The maximum Gasteiger partial charge on any atom is 0.241 e. The quantitative estimate of drug-likeness (QED) is 0.550. The van der Waals surface area contributed by atoms with Crippen molar-refractivity contribution in [2.24, 2.45) is 5.84 Å². The third-order valence-corrected chi connectivity index (χ3v) is 4.59. The molecule has 8 nitrogen and oxygen atoms in total. The van der Waals surface area contributed by atoms with Gasteiger partial charge < -0.3 is 9.95 Å². The topological polar surface area (TPSA) is 123 Å². The molecule has 0 spiro atoms. The molecule has 0 aliphatic rings. The van der Waals surface area contributed by atoms with E-state index in [1.807, 2.05) is 0 Å². The number of nitrogen functional groups attached to an aromatic ring is 1. The predicted molar refractivity (Wildman–Crippen MR) is 76.8 cm³/mol. The summed E-state index contributed by atoms with van der Waals surface area (Å²) in [4.78, 5) is 4.17. The standard InChI is InChI=1S/C12H17N5O3S/c1-7-4-10(16-13)5-8(2)12(7)21(18,19)14-6-11-15-9(3)20-17-11/h4-5,14,16H,6,13H2,1-3H3. The molecule has 0 saturated heterocycles. The summed E-state index contributed by atoms with van der Waals surface area (Å²) in [5.74, 6) is 6.01. The number of aryl methyl sites for hydroxylation is 3. The monoisotopic (exact) mass is 311 g/mol. The lowest BCUT2D eigenvalue weighted by Gasteiger charge is -2.13. The van der Waals surface area contributed by atoms with Crippen molar-refractivity contribution < 1.29 is 12.9 Å². The Morgan fingerprint density at radius 3 is 2.33 bits per heavy atom. The SMILES string of the molecule is Cc1nc(CNS(=O)(=O)c2c(C)cc(NN)cc2C)no1. The van der Waals surface area contributed by atoms with Crippen LogP contribution >= 0.6 is 0 Å². The normalized spacial score (nSPS) is 11.6. The second-order valence-corrected chi connectivity index (χ2v) is 6.34. The molecule has 114 valence electrons. The van der Waals surface area contributed by atoms with Crippen molar-refractivity contribution in [3.05, 3.63) is 35.0 Å². The number of hydrogen-bond acceptors (Lipinski definition) is 7. The molecule has 2 aromatic rings. The van der Waals surface area contributed by atoms with Crippen molar-refractivity contribution in [2.45, 2.75) is 32.2 Å². The number of nitrogens with two attached hydrogens (primary N) is 1. The Balaban J connectivity index is 2.27. The van der Waals surface area contributed by atoms with Crippen LogP contribution in [0.3, 0.4) is 0 Å². The largest absolute Gasteiger partial charge is 0.340 e. The zero-order valence-corrected chi connectivity index (χ0v) is 12.8. The average Bonchev–Trinajstić information content (AvgIpc) is 2.81. The lowest BCUT2D eigenvalue weighted by atomic mass is 10.1. The van der Waals surface area contributed by atoms with Gasteiger partial charge in [0.25, 0.3) is 0 Å². The molecule has 0 atom stereocenters. The van der Waals surface area contributed by atoms with Gasteiger partial charge in [0.2, 0.25) is 15.9 Å². The molecule has 1 heterocycles. The number of benzene rings is 1. The molecule has 0 aliphatic heterocycles. The maximum absolute atomic E-state index is 12.4. The molecule has 4 N–H and O–H groups in total. The van der Waals surface area contributed by atoms with E-state index in [0.29, 0.717) is 22.7 Å². The Kier molecular flexibility index (Phi) is 4.26. The minimum atomic E-state index is -3.68. The van der Waals surface area contributed by atoms with Gasteiger partial charge in [-0.05, 0) is 37.1 Å². The van der Waals surface area contributed by atoms with Crippen molar-refractivity contribution in [3.63, 3.8) is 0 Å². The number of nitrogens with one attached hydrogen (secondary N) is 2. The summed E-state index contributed by atoms with van der Waals surface area (Å²) in [6, 6.07) is 3.33. The van der Waals surface area contributed by atoms with E-state index in [4.69, 9.17) is 10.4 Å². The van der Waals surface area contributed by atoms with Gasteiger partial charge in [-0.3, -0.25) is 5.84 Å². The first-order valence-corrected chi connectivity index (χ1v) is 7.68. The van der Waals surface area contributed by atoms with E-state index in [0.717, 1.165) is 0 Å². The van der Waals surface area contributed by atoms with Crippen molar-refractivity contribution in [3.8, 4) is 0 Å². The summed E-state index contributed by atoms with van der Waals surface area (Å²) >= 11 is 0. The number of sulfonamides is 1. The molecule has 0 saturated carbocycles. The van der Waals surface area contributed by atoms with Gasteiger partial charge in [-0.2, -0.15) is 4.98 Å². The second-order valence-electron chi connectivity index (χ2n) is 4.64. The van der Waals surface area contributed by atoms with Crippen LogP contribution in [0.4, 0.5) is 5.69 Å². The summed E-state index contributed by atoms with van der Waals surface area (Å²) in [6.45, 7) is 5.02. The van der Waals surface area contributed by atoms with E-state index in [9.17, 15) is 8.42 Å². The molecule has 0 aliphatic carbocycles. The number of nitrogens with zero attached hydrogens (tertiary/aromatic N) is 2. The van der Waals surface area contributed by atoms with Crippen molar-refractivity contribution in [1.29, 1.82) is 0 Å². The van der Waals surface area contributed by atoms with Crippen LogP contribution in [0, 0.1) is 20.8 Å². The fraction of sp³-hybridized carbons (Fsp3) is 0.333. The van der Waals surface area contributed by atoms with E-state index in [-0.39, 0.29) is 17.3 Å². The number of anilines is 1. The lowest BCUT2D eigenvalue weighted by Crippen LogP contribution is -2.25. The molecule has 1 aromatic carbocycles. The van der Waals surface area contributed by atoms with E-state index in [1.54, 1.807) is 32.9 Å². The molecule has 9 heteroatoms. The minimum absolute atomic E-state index is 0.0323. The fourth-order valence-electron chi connectivity index (χ4n) is 2.10. The van der Waals surface area contributed by atoms with Crippen LogP contribution < -0.4 is 16.0 Å². The first-order valence-electron chi connectivity index (χ1n) is 6.20. The smallest absolute Gasteiger partial charge is 0.241 e. The minimum Gasteiger partial charge on any atom is -0.340 e. The first-order chi connectivity index (χ1) is 9.83. The predicted octanol–water partition coefficient (Wildman–Crippen LogP) is 0.759. The first kappa shape index (κ1) is 15.4. The molecular weight excluding hydrogens is 294 g/mol. The van der Waals surface area contributed by atoms with E-state index < -0.39 is 10.0 Å². The van der Waals surface area contributed by atoms with E-state index in [2.05, 4.69) is 20.3 Å². The Bertz CT molecular complexity index is 731. The summed E-state index contributed by atoms with van der Waals surface area (Å²) in [6.07, 6.45) is 0. The van der Waals surface area contributed by atoms with Gasteiger partial charge in [0.15, 0.2) is 5.82 Å². The Hall–Kier alpha value is -1.97. The third kappa shape index (κ3) is 3.38. The summed E-state index contributed by atoms with van der Waals surface area (Å²) in [5.41, 5.74) is 4.34. The number of hydrogen-bond donors (Lipinski definition) is 3. The van der Waals surface area contributed by atoms with Crippen LogP contribution in [-0.2, 0) is 16.6 Å².